The largest absolute Gasteiger partial charge is 0.397 e. The number of nitrogens with zero attached hydrogens (tertiary/aromatic N) is 2. The van der Waals surface area contributed by atoms with E-state index in [9.17, 15) is 4.79 Å². The first-order valence-electron chi connectivity index (χ1n) is 5.18. The van der Waals surface area contributed by atoms with E-state index in [-0.39, 0.29) is 5.78 Å². The average Bonchev–Trinajstić information content (AvgIpc) is 2.82. The second kappa shape index (κ2) is 4.58. The van der Waals surface area contributed by atoms with Crippen molar-refractivity contribution in [3.05, 3.63) is 28.9 Å². The van der Waals surface area contributed by atoms with Crippen molar-refractivity contribution in [2.45, 2.75) is 13.5 Å². The maximum Gasteiger partial charge on any atom is 0.171 e. The van der Waals surface area contributed by atoms with Crippen LogP contribution in [-0.4, -0.2) is 15.6 Å². The molecule has 90 valence electrons. The van der Waals surface area contributed by atoms with Gasteiger partial charge in [0, 0.05) is 32.3 Å². The molecule has 0 aliphatic rings. The maximum absolute atomic E-state index is 11.2. The smallest absolute Gasteiger partial charge is 0.171 e. The molecule has 0 saturated carbocycles. The van der Waals surface area contributed by atoms with E-state index in [0.29, 0.717) is 17.1 Å². The SMILES string of the molecule is CC(=O)c1sc(NCc2cnn(C)c2)cc1N. The van der Waals surface area contributed by atoms with Gasteiger partial charge in [-0.2, -0.15) is 5.10 Å². The van der Waals surface area contributed by atoms with Gasteiger partial charge < -0.3 is 11.1 Å². The molecule has 0 radical (unpaired) electrons. The van der Waals surface area contributed by atoms with Gasteiger partial charge in [0.15, 0.2) is 5.78 Å². The molecule has 17 heavy (non-hydrogen) atoms. The molecule has 0 aliphatic carbocycles. The lowest BCUT2D eigenvalue weighted by atomic mass is 10.3. The molecule has 2 heterocycles. The Hall–Kier alpha value is -1.82. The Balaban J connectivity index is 2.04. The first kappa shape index (κ1) is 11.7. The quantitative estimate of drug-likeness (QED) is 0.813. The molecule has 0 spiro atoms. The molecule has 0 atom stereocenters. The number of ketones is 1. The van der Waals surface area contributed by atoms with Crippen LogP contribution in [0.15, 0.2) is 18.5 Å². The van der Waals surface area contributed by atoms with Crippen LogP contribution in [0.25, 0.3) is 0 Å². The number of hydrogen-bond acceptors (Lipinski definition) is 5. The fraction of sp³-hybridized carbons (Fsp3) is 0.273. The van der Waals surface area contributed by atoms with Gasteiger partial charge in [-0.05, 0) is 6.07 Å². The van der Waals surface area contributed by atoms with Gasteiger partial charge >= 0.3 is 0 Å². The monoisotopic (exact) mass is 250 g/mol. The Bertz CT molecular complexity index is 543. The van der Waals surface area contributed by atoms with Gasteiger partial charge in [-0.25, -0.2) is 0 Å². The highest BCUT2D eigenvalue weighted by molar-refractivity contribution is 7.18. The lowest BCUT2D eigenvalue weighted by molar-refractivity contribution is 0.102. The van der Waals surface area contributed by atoms with Gasteiger partial charge in [-0.3, -0.25) is 9.48 Å². The van der Waals surface area contributed by atoms with E-state index in [4.69, 9.17) is 5.73 Å². The van der Waals surface area contributed by atoms with Crippen LogP contribution in [0.2, 0.25) is 0 Å². The Morgan fingerprint density at radius 2 is 2.41 bits per heavy atom. The third kappa shape index (κ3) is 2.65. The third-order valence-corrected chi connectivity index (χ3v) is 3.52. The molecule has 0 fully saturated rings. The predicted octanol–water partition coefficient (Wildman–Crippen LogP) is 1.88. The van der Waals surface area contributed by atoms with Crippen LogP contribution in [0.5, 0.6) is 0 Å². The summed E-state index contributed by atoms with van der Waals surface area (Å²) in [6.07, 6.45) is 3.74. The van der Waals surface area contributed by atoms with Crippen LogP contribution >= 0.6 is 11.3 Å². The number of thiophene rings is 1. The van der Waals surface area contributed by atoms with E-state index < -0.39 is 0 Å². The van der Waals surface area contributed by atoms with Crippen molar-refractivity contribution in [3.63, 3.8) is 0 Å². The average molecular weight is 250 g/mol. The van der Waals surface area contributed by atoms with E-state index in [1.54, 1.807) is 16.9 Å². The molecule has 0 amide bonds. The molecular weight excluding hydrogens is 236 g/mol. The van der Waals surface area contributed by atoms with E-state index in [0.717, 1.165) is 10.6 Å². The van der Waals surface area contributed by atoms with E-state index in [1.807, 2.05) is 13.2 Å². The summed E-state index contributed by atoms with van der Waals surface area (Å²) in [5.41, 5.74) is 7.37. The van der Waals surface area contributed by atoms with Gasteiger partial charge in [0.1, 0.15) is 0 Å². The number of hydrogen-bond donors (Lipinski definition) is 2. The Labute approximate surface area is 103 Å². The summed E-state index contributed by atoms with van der Waals surface area (Å²) < 4.78 is 1.75. The minimum Gasteiger partial charge on any atom is -0.397 e. The number of nitrogens with two attached hydrogens (primary N) is 1. The zero-order valence-corrected chi connectivity index (χ0v) is 10.5. The van der Waals surface area contributed by atoms with Crippen LogP contribution in [0.3, 0.4) is 0 Å². The number of carbonyl (C=O) groups is 1. The first-order chi connectivity index (χ1) is 8.06. The minimum absolute atomic E-state index is 0.00178. The van der Waals surface area contributed by atoms with Gasteiger partial charge in [0.25, 0.3) is 0 Å². The second-order valence-electron chi connectivity index (χ2n) is 3.83. The maximum atomic E-state index is 11.2. The van der Waals surface area contributed by atoms with Crippen LogP contribution in [0, 0.1) is 0 Å². The van der Waals surface area contributed by atoms with Crippen LogP contribution in [0.1, 0.15) is 22.2 Å². The van der Waals surface area contributed by atoms with Crippen molar-refractivity contribution in [2.24, 2.45) is 7.05 Å². The molecule has 0 bridgehead atoms. The van der Waals surface area contributed by atoms with Crippen molar-refractivity contribution in [1.29, 1.82) is 0 Å². The van der Waals surface area contributed by atoms with Gasteiger partial charge in [0.05, 0.1) is 21.8 Å². The summed E-state index contributed by atoms with van der Waals surface area (Å²) in [6.45, 7) is 2.19. The Morgan fingerprint density at radius 1 is 1.65 bits per heavy atom. The number of nitrogen functional groups attached to an aromatic ring is 1. The molecule has 2 aromatic rings. The number of carbonyl (C=O) groups excluding carboxylic acids is 1. The van der Waals surface area contributed by atoms with Gasteiger partial charge in [-0.15, -0.1) is 11.3 Å². The van der Waals surface area contributed by atoms with Crippen molar-refractivity contribution < 1.29 is 4.79 Å². The molecule has 2 aromatic heterocycles. The summed E-state index contributed by atoms with van der Waals surface area (Å²) in [5, 5.41) is 8.20. The number of Topliss-reactive ketones (excluding diaryl/α,β-unsaturated/α-hetero) is 1. The minimum atomic E-state index is 0.00178. The number of aromatic nitrogens is 2. The molecule has 5 nitrogen and oxygen atoms in total. The van der Waals surface area contributed by atoms with Crippen molar-refractivity contribution in [1.82, 2.24) is 9.78 Å². The molecule has 2 rings (SSSR count). The Kier molecular flexibility index (Phi) is 3.14. The molecule has 0 aliphatic heterocycles. The lowest BCUT2D eigenvalue weighted by Crippen LogP contribution is -1.96. The molecule has 0 unspecified atom stereocenters. The summed E-state index contributed by atoms with van der Waals surface area (Å²) in [6, 6.07) is 1.79. The summed E-state index contributed by atoms with van der Waals surface area (Å²) in [5.74, 6) is 0.00178. The van der Waals surface area contributed by atoms with Crippen LogP contribution in [-0.2, 0) is 13.6 Å². The molecule has 3 N–H and O–H groups in total. The number of anilines is 2. The fourth-order valence-electron chi connectivity index (χ4n) is 1.52. The highest BCUT2D eigenvalue weighted by atomic mass is 32.1. The third-order valence-electron chi connectivity index (χ3n) is 2.31. The Morgan fingerprint density at radius 3 is 2.94 bits per heavy atom. The zero-order valence-electron chi connectivity index (χ0n) is 9.73. The van der Waals surface area contributed by atoms with E-state index in [2.05, 4.69) is 10.4 Å². The van der Waals surface area contributed by atoms with Crippen LogP contribution < -0.4 is 11.1 Å². The standard InChI is InChI=1S/C11H14N4OS/c1-7(16)11-9(12)3-10(17-11)13-4-8-5-14-15(2)6-8/h3,5-6,13H,4,12H2,1-2H3. The topological polar surface area (TPSA) is 72.9 Å². The van der Waals surface area contributed by atoms with Crippen molar-refractivity contribution in [2.75, 3.05) is 11.1 Å². The van der Waals surface area contributed by atoms with E-state index >= 15 is 0 Å². The zero-order chi connectivity index (χ0) is 12.4. The summed E-state index contributed by atoms with van der Waals surface area (Å²) in [7, 11) is 1.88. The lowest BCUT2D eigenvalue weighted by Gasteiger charge is -1.99. The number of nitrogens with one attached hydrogen (secondary N) is 1. The van der Waals surface area contributed by atoms with Crippen molar-refractivity contribution >= 4 is 27.8 Å². The predicted molar refractivity (Wildman–Crippen MR) is 69.3 cm³/mol. The molecule has 0 saturated heterocycles. The second-order valence-corrected chi connectivity index (χ2v) is 4.88. The van der Waals surface area contributed by atoms with E-state index in [1.165, 1.54) is 18.3 Å². The van der Waals surface area contributed by atoms with Crippen molar-refractivity contribution in [3.8, 4) is 0 Å². The fourth-order valence-corrected chi connectivity index (χ4v) is 2.39. The number of rotatable bonds is 4. The normalized spacial score (nSPS) is 10.5. The van der Waals surface area contributed by atoms with Crippen LogP contribution in [0.4, 0.5) is 10.7 Å². The highest BCUT2D eigenvalue weighted by Gasteiger charge is 2.10. The van der Waals surface area contributed by atoms with Gasteiger partial charge in [0.2, 0.25) is 0 Å². The summed E-state index contributed by atoms with van der Waals surface area (Å²) >= 11 is 1.38. The molecular formula is C11H14N4OS. The number of aryl methyl sites for hydroxylation is 1. The van der Waals surface area contributed by atoms with Gasteiger partial charge in [-0.1, -0.05) is 0 Å². The molecule has 6 heteroatoms. The first-order valence-corrected chi connectivity index (χ1v) is 5.99. The highest BCUT2D eigenvalue weighted by Crippen LogP contribution is 2.29. The summed E-state index contributed by atoms with van der Waals surface area (Å²) in [4.78, 5) is 11.9. The molecule has 0 aromatic carbocycles.